The first kappa shape index (κ1) is 72.4. The molecule has 83 heavy (non-hydrogen) atoms. The van der Waals surface area contributed by atoms with Gasteiger partial charge in [-0.25, -0.2) is 9.18 Å². The standard InChI is InChI=1S/C53H83FN10O18S/c1-7-61(20-21-63(36-50(72)79-5)23-22-62(35-49(71)78-4)19-18-60(2)34-48(70)77-3)33-44(66)55-16-24-80-25-26-81-27-28-82-37-45(67)56-31-38-11-12-40(54)39(30-38)51(73)59-41(15-29-83-6)52(74)57-32-43(65)58-42(53(75)76)10-8-9-17-64-46(68)13-14-47(64)69/h11-14,30,41-42H,7-10,15-29,31-37H2,1-6H3,(H,55,66)(H,56,67)(H,57,74)(H,58,65)(H,59,73)(H,75,76)/t41-,42-/m0/s1. The van der Waals surface area contributed by atoms with Crippen molar-refractivity contribution in [1.82, 2.24) is 51.1 Å². The van der Waals surface area contributed by atoms with Gasteiger partial charge < -0.3 is 60.1 Å². The van der Waals surface area contributed by atoms with E-state index in [1.54, 1.807) is 18.2 Å². The Bertz CT molecular complexity index is 2280. The lowest BCUT2D eigenvalue weighted by Crippen LogP contribution is -2.51. The highest BCUT2D eigenvalue weighted by molar-refractivity contribution is 7.98. The molecule has 0 aromatic heterocycles. The predicted octanol–water partition coefficient (Wildman–Crippen LogP) is -2.38. The molecule has 6 N–H and O–H groups in total. The molecule has 30 heteroatoms. The molecule has 0 unspecified atom stereocenters. The number of hydrogen-bond acceptors (Lipinski definition) is 22. The Morgan fingerprint density at radius 1 is 0.663 bits per heavy atom. The Labute approximate surface area is 487 Å². The minimum Gasteiger partial charge on any atom is -0.480 e. The number of nitrogens with zero attached hydrogens (tertiary/aromatic N) is 5. The number of likely N-dealkylation sites (N-methyl/N-ethyl adjacent to an activating group) is 2. The second-order valence-corrected chi connectivity index (χ2v) is 19.7. The van der Waals surface area contributed by atoms with Crippen molar-refractivity contribution in [2.45, 2.75) is 51.2 Å². The van der Waals surface area contributed by atoms with Gasteiger partial charge in [-0.2, -0.15) is 11.8 Å². The summed E-state index contributed by atoms with van der Waals surface area (Å²) in [6.07, 6.45) is 4.71. The van der Waals surface area contributed by atoms with Crippen LogP contribution in [0.5, 0.6) is 0 Å². The Balaban J connectivity index is 1.68. The van der Waals surface area contributed by atoms with Gasteiger partial charge in [0.2, 0.25) is 23.6 Å². The van der Waals surface area contributed by atoms with E-state index < -0.39 is 83.4 Å². The fraction of sp³-hybridized carbons (Fsp3) is 0.642. The molecule has 0 saturated carbocycles. The van der Waals surface area contributed by atoms with Crippen molar-refractivity contribution in [3.8, 4) is 0 Å². The lowest BCUT2D eigenvalue weighted by Gasteiger charge is -2.29. The molecule has 1 aromatic carbocycles. The van der Waals surface area contributed by atoms with Gasteiger partial charge in [-0.3, -0.25) is 72.4 Å². The van der Waals surface area contributed by atoms with Crippen molar-refractivity contribution in [1.29, 1.82) is 0 Å². The van der Waals surface area contributed by atoms with Crippen LogP contribution in [0.1, 0.15) is 48.5 Å². The first-order chi connectivity index (χ1) is 39.7. The first-order valence-corrected chi connectivity index (χ1v) is 28.4. The average Bonchev–Trinajstić information content (AvgIpc) is 3.99. The molecule has 0 bridgehead atoms. The van der Waals surface area contributed by atoms with Gasteiger partial charge in [0.1, 0.15) is 24.5 Å². The number of carbonyl (C=O) groups excluding carboxylic acids is 10. The van der Waals surface area contributed by atoms with E-state index in [1.165, 1.54) is 45.2 Å². The molecule has 1 aromatic rings. The molecule has 0 fully saturated rings. The third kappa shape index (κ3) is 31.5. The van der Waals surface area contributed by atoms with Crippen molar-refractivity contribution in [3.05, 3.63) is 47.3 Å². The molecule has 466 valence electrons. The summed E-state index contributed by atoms with van der Waals surface area (Å²) in [6, 6.07) is 1.11. The summed E-state index contributed by atoms with van der Waals surface area (Å²) in [5.41, 5.74) is -0.0390. The third-order valence-corrected chi connectivity index (χ3v) is 13.1. The van der Waals surface area contributed by atoms with E-state index >= 15 is 0 Å². The highest BCUT2D eigenvalue weighted by Crippen LogP contribution is 2.13. The molecule has 0 saturated heterocycles. The normalized spacial score (nSPS) is 12.8. The maximum Gasteiger partial charge on any atom is 0.326 e. The maximum atomic E-state index is 14.9. The van der Waals surface area contributed by atoms with Gasteiger partial charge in [-0.1, -0.05) is 13.0 Å². The Hall–Kier alpha value is -6.67. The van der Waals surface area contributed by atoms with Crippen LogP contribution in [0.2, 0.25) is 0 Å². The topological polar surface area (TPSA) is 340 Å². The van der Waals surface area contributed by atoms with E-state index in [9.17, 15) is 62.2 Å². The van der Waals surface area contributed by atoms with Gasteiger partial charge in [-0.05, 0) is 69.0 Å². The summed E-state index contributed by atoms with van der Waals surface area (Å²) in [4.78, 5) is 144. The molecule has 0 radical (unpaired) electrons. The highest BCUT2D eigenvalue weighted by atomic mass is 32.2. The predicted molar refractivity (Wildman–Crippen MR) is 299 cm³/mol. The number of imide groups is 1. The van der Waals surface area contributed by atoms with E-state index in [0.29, 0.717) is 63.6 Å². The first-order valence-electron chi connectivity index (χ1n) is 27.0. The molecule has 2 atom stereocenters. The lowest BCUT2D eigenvalue weighted by molar-refractivity contribution is -0.144. The number of aliphatic carboxylic acids is 1. The number of hydrogen-bond donors (Lipinski definition) is 6. The van der Waals surface area contributed by atoms with Crippen LogP contribution in [0, 0.1) is 5.82 Å². The number of thioether (sulfide) groups is 1. The van der Waals surface area contributed by atoms with Crippen molar-refractivity contribution < 1.29 is 90.7 Å². The molecule has 0 spiro atoms. The number of unbranched alkanes of at least 4 members (excludes halogenated alkanes) is 1. The van der Waals surface area contributed by atoms with Crippen LogP contribution < -0.4 is 26.6 Å². The molecule has 1 heterocycles. The number of carbonyl (C=O) groups is 11. The molecule has 0 aliphatic carbocycles. The zero-order valence-corrected chi connectivity index (χ0v) is 49.2. The SMILES string of the molecule is CCN(CCN(CCN(CCN(C)CC(=O)OC)CC(=O)OC)CC(=O)OC)CC(=O)NCCOCCOCCOCC(=O)NCc1ccc(F)c(C(=O)N[C@@H](CCSC)C(=O)NCC(=O)N[C@@H](CCCCN2C(=O)C=CC2=O)C(=O)O)c1. The van der Waals surface area contributed by atoms with Crippen molar-refractivity contribution in [3.63, 3.8) is 0 Å². The van der Waals surface area contributed by atoms with Crippen LogP contribution in [0.3, 0.4) is 0 Å². The van der Waals surface area contributed by atoms with Gasteiger partial charge in [0.25, 0.3) is 17.7 Å². The minimum atomic E-state index is -1.33. The van der Waals surface area contributed by atoms with Gasteiger partial charge in [0.15, 0.2) is 0 Å². The third-order valence-electron chi connectivity index (χ3n) is 12.5. The van der Waals surface area contributed by atoms with E-state index in [0.717, 1.165) is 23.1 Å². The van der Waals surface area contributed by atoms with Gasteiger partial charge in [0.05, 0.1) is 92.7 Å². The van der Waals surface area contributed by atoms with Crippen LogP contribution >= 0.6 is 11.8 Å². The second-order valence-electron chi connectivity index (χ2n) is 18.7. The Kier molecular flexibility index (Phi) is 36.8. The zero-order chi connectivity index (χ0) is 61.5. The van der Waals surface area contributed by atoms with Gasteiger partial charge in [0, 0.05) is 71.1 Å². The number of amides is 7. The summed E-state index contributed by atoms with van der Waals surface area (Å²) >= 11 is 1.37. The van der Waals surface area contributed by atoms with Crippen LogP contribution in [-0.4, -0.2) is 279 Å². The largest absolute Gasteiger partial charge is 0.480 e. The molecule has 1 aliphatic rings. The number of carboxylic acid groups (broad SMARTS) is 1. The number of benzene rings is 1. The molecular weight excluding hydrogens is 1120 g/mol. The minimum absolute atomic E-state index is 0.000847. The summed E-state index contributed by atoms with van der Waals surface area (Å²) in [7, 11) is 5.67. The van der Waals surface area contributed by atoms with Crippen molar-refractivity contribution >= 4 is 77.0 Å². The van der Waals surface area contributed by atoms with E-state index in [4.69, 9.17) is 28.4 Å². The number of ether oxygens (including phenoxy) is 6. The Morgan fingerprint density at radius 2 is 1.24 bits per heavy atom. The summed E-state index contributed by atoms with van der Waals surface area (Å²) < 4.78 is 45.8. The van der Waals surface area contributed by atoms with Gasteiger partial charge in [-0.15, -0.1) is 0 Å². The van der Waals surface area contributed by atoms with Crippen LogP contribution in [0.4, 0.5) is 4.39 Å². The number of rotatable bonds is 46. The van der Waals surface area contributed by atoms with Crippen LogP contribution in [-0.2, 0) is 82.9 Å². The maximum absolute atomic E-state index is 14.9. The van der Waals surface area contributed by atoms with E-state index in [1.807, 2.05) is 21.6 Å². The number of carboxylic acids is 1. The monoisotopic (exact) mass is 1200 g/mol. The number of halogens is 1. The number of methoxy groups -OCH3 is 3. The van der Waals surface area contributed by atoms with E-state index in [-0.39, 0.29) is 117 Å². The fourth-order valence-corrected chi connectivity index (χ4v) is 8.13. The number of esters is 3. The Morgan fingerprint density at radius 3 is 1.83 bits per heavy atom. The smallest absolute Gasteiger partial charge is 0.326 e. The molecular formula is C53H83FN10O18S. The zero-order valence-electron chi connectivity index (χ0n) is 48.3. The van der Waals surface area contributed by atoms with Crippen LogP contribution in [0.25, 0.3) is 0 Å². The van der Waals surface area contributed by atoms with Crippen molar-refractivity contribution in [2.75, 3.05) is 172 Å². The second kappa shape index (κ2) is 42.2. The number of nitrogens with one attached hydrogen (secondary N) is 5. The molecule has 1 aliphatic heterocycles. The van der Waals surface area contributed by atoms with Gasteiger partial charge >= 0.3 is 23.9 Å². The molecule has 7 amide bonds. The van der Waals surface area contributed by atoms with Crippen LogP contribution in [0.15, 0.2) is 30.4 Å². The van der Waals surface area contributed by atoms with Crippen molar-refractivity contribution in [2.24, 2.45) is 0 Å². The lowest BCUT2D eigenvalue weighted by atomic mass is 10.1. The molecule has 28 nitrogen and oxygen atoms in total. The molecule has 2 rings (SSSR count). The summed E-state index contributed by atoms with van der Waals surface area (Å²) in [5.74, 6) is -7.23. The summed E-state index contributed by atoms with van der Waals surface area (Å²) in [5, 5.41) is 22.2. The van der Waals surface area contributed by atoms with E-state index in [2.05, 4.69) is 26.6 Å². The highest BCUT2D eigenvalue weighted by Gasteiger charge is 2.27. The summed E-state index contributed by atoms with van der Waals surface area (Å²) in [6.45, 7) is 5.50. The quantitative estimate of drug-likeness (QED) is 0.0172. The average molecular weight is 1200 g/mol. The fourth-order valence-electron chi connectivity index (χ4n) is 7.66.